The van der Waals surface area contributed by atoms with Crippen molar-refractivity contribution in [1.82, 2.24) is 10.2 Å². The van der Waals surface area contributed by atoms with Gasteiger partial charge in [-0.2, -0.15) is 0 Å². The quantitative estimate of drug-likeness (QED) is 0.902. The van der Waals surface area contributed by atoms with Crippen LogP contribution in [-0.2, 0) is 17.8 Å². The highest BCUT2D eigenvalue weighted by Gasteiger charge is 2.31. The predicted octanol–water partition coefficient (Wildman–Crippen LogP) is 2.74. The molecule has 1 aliphatic heterocycles. The summed E-state index contributed by atoms with van der Waals surface area (Å²) in [5.74, 6) is 0.629. The van der Waals surface area contributed by atoms with E-state index in [2.05, 4.69) is 41.4 Å². The number of carbonyl (C=O) groups excluding carboxylic acids is 1. The SMILES string of the molecule is CCc1cccc(CN2CCC(NC(=O)C3CC3)CC2)c1. The van der Waals surface area contributed by atoms with Crippen LogP contribution in [0.5, 0.6) is 0 Å². The highest BCUT2D eigenvalue weighted by atomic mass is 16.2. The second-order valence-corrected chi connectivity index (χ2v) is 6.51. The molecule has 2 fully saturated rings. The summed E-state index contributed by atoms with van der Waals surface area (Å²) < 4.78 is 0. The Hall–Kier alpha value is -1.35. The summed E-state index contributed by atoms with van der Waals surface area (Å²) in [6.45, 7) is 5.42. The number of benzene rings is 1. The van der Waals surface area contributed by atoms with E-state index in [1.807, 2.05) is 0 Å². The fourth-order valence-corrected chi connectivity index (χ4v) is 3.11. The summed E-state index contributed by atoms with van der Waals surface area (Å²) in [7, 11) is 0. The molecular formula is C18H26N2O. The molecule has 1 aromatic rings. The molecule has 1 heterocycles. The van der Waals surface area contributed by atoms with Gasteiger partial charge in [-0.05, 0) is 43.2 Å². The van der Waals surface area contributed by atoms with Gasteiger partial charge in [0.1, 0.15) is 0 Å². The third-order valence-corrected chi connectivity index (χ3v) is 4.69. The number of piperidine rings is 1. The minimum absolute atomic E-state index is 0.295. The number of likely N-dealkylation sites (tertiary alicyclic amines) is 1. The van der Waals surface area contributed by atoms with E-state index in [0.29, 0.717) is 17.9 Å². The van der Waals surface area contributed by atoms with Crippen LogP contribution in [0.15, 0.2) is 24.3 Å². The van der Waals surface area contributed by atoms with Crippen LogP contribution in [0.4, 0.5) is 0 Å². The van der Waals surface area contributed by atoms with Crippen LogP contribution in [0.25, 0.3) is 0 Å². The number of nitrogens with zero attached hydrogens (tertiary/aromatic N) is 1. The van der Waals surface area contributed by atoms with E-state index in [1.54, 1.807) is 0 Å². The lowest BCUT2D eigenvalue weighted by atomic mass is 10.0. The van der Waals surface area contributed by atoms with Crippen molar-refractivity contribution in [3.63, 3.8) is 0 Å². The monoisotopic (exact) mass is 286 g/mol. The predicted molar refractivity (Wildman–Crippen MR) is 85.0 cm³/mol. The third kappa shape index (κ3) is 4.07. The molecule has 0 spiro atoms. The van der Waals surface area contributed by atoms with Gasteiger partial charge in [0.15, 0.2) is 0 Å². The molecule has 1 aromatic carbocycles. The average Bonchev–Trinajstić information content (AvgIpc) is 3.34. The summed E-state index contributed by atoms with van der Waals surface area (Å²) >= 11 is 0. The molecule has 1 amide bonds. The number of hydrogen-bond donors (Lipinski definition) is 1. The average molecular weight is 286 g/mol. The van der Waals surface area contributed by atoms with Gasteiger partial charge >= 0.3 is 0 Å². The van der Waals surface area contributed by atoms with Gasteiger partial charge in [0, 0.05) is 31.6 Å². The minimum atomic E-state index is 0.295. The minimum Gasteiger partial charge on any atom is -0.353 e. The van der Waals surface area contributed by atoms with Gasteiger partial charge in [-0.25, -0.2) is 0 Å². The van der Waals surface area contributed by atoms with Crippen molar-refractivity contribution in [2.75, 3.05) is 13.1 Å². The Labute approximate surface area is 127 Å². The Bertz CT molecular complexity index is 488. The zero-order valence-electron chi connectivity index (χ0n) is 13.0. The number of carbonyl (C=O) groups is 1. The molecule has 114 valence electrons. The topological polar surface area (TPSA) is 32.3 Å². The smallest absolute Gasteiger partial charge is 0.223 e. The Morgan fingerprint density at radius 2 is 1.90 bits per heavy atom. The van der Waals surface area contributed by atoms with Crippen LogP contribution in [-0.4, -0.2) is 29.9 Å². The molecule has 3 rings (SSSR count). The van der Waals surface area contributed by atoms with Gasteiger partial charge in [0.25, 0.3) is 0 Å². The van der Waals surface area contributed by atoms with Crippen LogP contribution >= 0.6 is 0 Å². The molecular weight excluding hydrogens is 260 g/mol. The van der Waals surface area contributed by atoms with Crippen LogP contribution in [0.3, 0.4) is 0 Å². The number of hydrogen-bond acceptors (Lipinski definition) is 2. The van der Waals surface area contributed by atoms with Crippen molar-refractivity contribution in [3.8, 4) is 0 Å². The van der Waals surface area contributed by atoms with Gasteiger partial charge in [-0.1, -0.05) is 31.2 Å². The van der Waals surface area contributed by atoms with E-state index >= 15 is 0 Å². The Kier molecular flexibility index (Phi) is 4.59. The van der Waals surface area contributed by atoms with Gasteiger partial charge in [0.05, 0.1) is 0 Å². The number of amides is 1. The molecule has 0 aromatic heterocycles. The first-order valence-corrected chi connectivity index (χ1v) is 8.35. The van der Waals surface area contributed by atoms with E-state index in [0.717, 1.165) is 51.7 Å². The molecule has 1 saturated carbocycles. The molecule has 3 nitrogen and oxygen atoms in total. The van der Waals surface area contributed by atoms with E-state index in [-0.39, 0.29) is 0 Å². The number of rotatable bonds is 5. The molecule has 1 aliphatic carbocycles. The summed E-state index contributed by atoms with van der Waals surface area (Å²) in [4.78, 5) is 14.3. The van der Waals surface area contributed by atoms with Crippen molar-refractivity contribution in [3.05, 3.63) is 35.4 Å². The largest absolute Gasteiger partial charge is 0.353 e. The van der Waals surface area contributed by atoms with Crippen LogP contribution < -0.4 is 5.32 Å². The second-order valence-electron chi connectivity index (χ2n) is 6.51. The van der Waals surface area contributed by atoms with Crippen molar-refractivity contribution in [2.24, 2.45) is 5.92 Å². The van der Waals surface area contributed by atoms with Crippen molar-refractivity contribution in [2.45, 2.75) is 51.6 Å². The Morgan fingerprint density at radius 3 is 2.57 bits per heavy atom. The molecule has 21 heavy (non-hydrogen) atoms. The van der Waals surface area contributed by atoms with Crippen molar-refractivity contribution >= 4 is 5.91 Å². The highest BCUT2D eigenvalue weighted by Crippen LogP contribution is 2.29. The normalized spacial score (nSPS) is 20.4. The number of nitrogens with one attached hydrogen (secondary N) is 1. The maximum absolute atomic E-state index is 11.8. The molecule has 0 atom stereocenters. The van der Waals surface area contributed by atoms with Gasteiger partial charge in [-0.15, -0.1) is 0 Å². The summed E-state index contributed by atoms with van der Waals surface area (Å²) in [5, 5.41) is 3.22. The molecule has 0 radical (unpaired) electrons. The zero-order valence-corrected chi connectivity index (χ0v) is 13.0. The lowest BCUT2D eigenvalue weighted by molar-refractivity contribution is -0.123. The molecule has 1 N–H and O–H groups in total. The lowest BCUT2D eigenvalue weighted by Crippen LogP contribution is -2.44. The lowest BCUT2D eigenvalue weighted by Gasteiger charge is -2.32. The van der Waals surface area contributed by atoms with Crippen LogP contribution in [0.1, 0.15) is 43.7 Å². The Morgan fingerprint density at radius 1 is 1.19 bits per heavy atom. The maximum atomic E-state index is 11.8. The summed E-state index contributed by atoms with van der Waals surface area (Å²) in [5.41, 5.74) is 2.83. The summed E-state index contributed by atoms with van der Waals surface area (Å²) in [6, 6.07) is 9.30. The molecule has 1 saturated heterocycles. The fraction of sp³-hybridized carbons (Fsp3) is 0.611. The molecule has 3 heteroatoms. The van der Waals surface area contributed by atoms with E-state index in [1.165, 1.54) is 11.1 Å². The summed E-state index contributed by atoms with van der Waals surface area (Å²) in [6.07, 6.45) is 5.47. The van der Waals surface area contributed by atoms with Gasteiger partial charge in [0.2, 0.25) is 5.91 Å². The zero-order chi connectivity index (χ0) is 14.7. The van der Waals surface area contributed by atoms with Gasteiger partial charge < -0.3 is 5.32 Å². The molecule has 0 unspecified atom stereocenters. The van der Waals surface area contributed by atoms with Crippen molar-refractivity contribution < 1.29 is 4.79 Å². The molecule has 0 bridgehead atoms. The fourth-order valence-electron chi connectivity index (χ4n) is 3.11. The highest BCUT2D eigenvalue weighted by molar-refractivity contribution is 5.81. The van der Waals surface area contributed by atoms with Crippen molar-refractivity contribution in [1.29, 1.82) is 0 Å². The van der Waals surface area contributed by atoms with Crippen LogP contribution in [0, 0.1) is 5.92 Å². The van der Waals surface area contributed by atoms with E-state index in [9.17, 15) is 4.79 Å². The standard InChI is InChI=1S/C18H26N2O/c1-2-14-4-3-5-15(12-14)13-20-10-8-17(9-11-20)19-18(21)16-6-7-16/h3-5,12,16-17H,2,6-11,13H2,1H3,(H,19,21). The maximum Gasteiger partial charge on any atom is 0.223 e. The number of aryl methyl sites for hydroxylation is 1. The van der Waals surface area contributed by atoms with Crippen LogP contribution in [0.2, 0.25) is 0 Å². The molecule has 2 aliphatic rings. The first-order chi connectivity index (χ1) is 10.2. The van der Waals surface area contributed by atoms with Gasteiger partial charge in [-0.3, -0.25) is 9.69 Å². The first-order valence-electron chi connectivity index (χ1n) is 8.35. The Balaban J connectivity index is 1.45. The third-order valence-electron chi connectivity index (χ3n) is 4.69. The van der Waals surface area contributed by atoms with E-state index in [4.69, 9.17) is 0 Å². The second kappa shape index (κ2) is 6.61. The first kappa shape index (κ1) is 14.6. The van der Waals surface area contributed by atoms with E-state index < -0.39 is 0 Å².